The molecule has 2 N–H and O–H groups in total. The van der Waals surface area contributed by atoms with Gasteiger partial charge >= 0.3 is 0 Å². The highest BCUT2D eigenvalue weighted by molar-refractivity contribution is 5.85. The lowest BCUT2D eigenvalue weighted by Crippen LogP contribution is -2.41. The van der Waals surface area contributed by atoms with Crippen LogP contribution in [0.5, 0.6) is 5.75 Å². The Balaban J connectivity index is 0.00000256. The van der Waals surface area contributed by atoms with Crippen molar-refractivity contribution in [1.29, 1.82) is 0 Å². The van der Waals surface area contributed by atoms with Gasteiger partial charge in [-0.2, -0.15) is 4.98 Å². The molecule has 1 saturated heterocycles. The molecule has 0 saturated carbocycles. The van der Waals surface area contributed by atoms with Gasteiger partial charge in [0.15, 0.2) is 0 Å². The molecule has 1 amide bonds. The summed E-state index contributed by atoms with van der Waals surface area (Å²) >= 11 is 0. The number of nitrogens with zero attached hydrogens (tertiary/aromatic N) is 2. The molecule has 1 aliphatic rings. The molecule has 0 aliphatic carbocycles. The topological polar surface area (TPSA) is 89.3 Å². The molecule has 1 aromatic heterocycles. The van der Waals surface area contributed by atoms with Gasteiger partial charge in [-0.05, 0) is 37.1 Å². The van der Waals surface area contributed by atoms with E-state index in [2.05, 4.69) is 20.8 Å². The predicted molar refractivity (Wildman–Crippen MR) is 115 cm³/mol. The lowest BCUT2D eigenvalue weighted by atomic mass is 10.2. The standard InChI is InChI=1S/C22H24N4O3.ClH/c27-22(18-10-6-13-23-18)24-14-12-20-25-21(26-29-20)17-9-4-5-11-19(17)28-15-16-7-2-1-3-8-16;/h1-5,7-9,11,18,23H,6,10,12-15H2,(H,24,27);1H. The monoisotopic (exact) mass is 428 g/mol. The van der Waals surface area contributed by atoms with E-state index in [9.17, 15) is 4.79 Å². The Kier molecular flexibility index (Phi) is 7.82. The maximum absolute atomic E-state index is 12.0. The van der Waals surface area contributed by atoms with E-state index in [1.165, 1.54) is 0 Å². The summed E-state index contributed by atoms with van der Waals surface area (Å²) in [5.41, 5.74) is 1.86. The van der Waals surface area contributed by atoms with Crippen LogP contribution in [0.3, 0.4) is 0 Å². The van der Waals surface area contributed by atoms with E-state index in [-0.39, 0.29) is 24.4 Å². The maximum atomic E-state index is 12.0. The van der Waals surface area contributed by atoms with Gasteiger partial charge in [-0.15, -0.1) is 12.4 Å². The number of para-hydroxylation sites is 1. The van der Waals surface area contributed by atoms with Gasteiger partial charge in [-0.25, -0.2) is 0 Å². The fourth-order valence-electron chi connectivity index (χ4n) is 3.30. The lowest BCUT2D eigenvalue weighted by Gasteiger charge is -2.09. The van der Waals surface area contributed by atoms with Crippen LogP contribution in [0.4, 0.5) is 0 Å². The number of amides is 1. The van der Waals surface area contributed by atoms with Crippen molar-refractivity contribution in [3.8, 4) is 17.1 Å². The molecule has 1 atom stereocenters. The van der Waals surface area contributed by atoms with Crippen molar-refractivity contribution >= 4 is 18.3 Å². The van der Waals surface area contributed by atoms with Crippen LogP contribution in [0.25, 0.3) is 11.4 Å². The zero-order valence-electron chi connectivity index (χ0n) is 16.5. The number of carbonyl (C=O) groups excluding carboxylic acids is 1. The van der Waals surface area contributed by atoms with Crippen molar-refractivity contribution < 1.29 is 14.1 Å². The summed E-state index contributed by atoms with van der Waals surface area (Å²) in [5, 5.41) is 10.2. The molecular formula is C22H25ClN4O3. The van der Waals surface area contributed by atoms with Gasteiger partial charge in [0.05, 0.1) is 11.6 Å². The average Bonchev–Trinajstić information content (AvgIpc) is 3.46. The van der Waals surface area contributed by atoms with Gasteiger partial charge < -0.3 is 19.9 Å². The van der Waals surface area contributed by atoms with E-state index in [0.717, 1.165) is 30.5 Å². The first kappa shape index (κ1) is 21.8. The third-order valence-corrected chi connectivity index (χ3v) is 4.85. The summed E-state index contributed by atoms with van der Waals surface area (Å²) in [5.74, 6) is 1.69. The predicted octanol–water partition coefficient (Wildman–Crippen LogP) is 3.15. The quantitative estimate of drug-likeness (QED) is 0.573. The van der Waals surface area contributed by atoms with E-state index in [4.69, 9.17) is 9.26 Å². The highest BCUT2D eigenvalue weighted by Gasteiger charge is 2.21. The number of rotatable bonds is 8. The Morgan fingerprint density at radius 1 is 1.17 bits per heavy atom. The van der Waals surface area contributed by atoms with Crippen molar-refractivity contribution in [2.45, 2.75) is 31.9 Å². The zero-order chi connectivity index (χ0) is 19.9. The normalized spacial score (nSPS) is 15.4. The number of benzene rings is 2. The largest absolute Gasteiger partial charge is 0.488 e. The highest BCUT2D eigenvalue weighted by atomic mass is 35.5. The molecule has 1 fully saturated rings. The average molecular weight is 429 g/mol. The third-order valence-electron chi connectivity index (χ3n) is 4.85. The first-order chi connectivity index (χ1) is 14.3. The summed E-state index contributed by atoms with van der Waals surface area (Å²) < 4.78 is 11.3. The Labute approximate surface area is 181 Å². The van der Waals surface area contributed by atoms with Crippen LogP contribution >= 0.6 is 12.4 Å². The van der Waals surface area contributed by atoms with Crippen LogP contribution in [-0.4, -0.2) is 35.2 Å². The molecule has 1 aliphatic heterocycles. The van der Waals surface area contributed by atoms with Crippen LogP contribution in [0.2, 0.25) is 0 Å². The smallest absolute Gasteiger partial charge is 0.237 e. The van der Waals surface area contributed by atoms with Crippen LogP contribution in [0, 0.1) is 0 Å². The summed E-state index contributed by atoms with van der Waals surface area (Å²) in [6, 6.07) is 17.5. The molecule has 7 nitrogen and oxygen atoms in total. The minimum atomic E-state index is -0.0816. The van der Waals surface area contributed by atoms with Gasteiger partial charge in [-0.1, -0.05) is 47.6 Å². The summed E-state index contributed by atoms with van der Waals surface area (Å²) in [6.07, 6.45) is 2.41. The fraction of sp³-hybridized carbons (Fsp3) is 0.318. The van der Waals surface area contributed by atoms with Gasteiger partial charge in [0.2, 0.25) is 17.6 Å². The maximum Gasteiger partial charge on any atom is 0.237 e. The molecule has 0 radical (unpaired) electrons. The SMILES string of the molecule is Cl.O=C(NCCc1nc(-c2ccccc2OCc2ccccc2)no1)C1CCCN1. The Morgan fingerprint density at radius 2 is 1.97 bits per heavy atom. The third kappa shape index (κ3) is 5.58. The van der Waals surface area contributed by atoms with Crippen LogP contribution in [0.1, 0.15) is 24.3 Å². The molecular weight excluding hydrogens is 404 g/mol. The molecule has 30 heavy (non-hydrogen) atoms. The molecule has 2 aromatic carbocycles. The van der Waals surface area contributed by atoms with Crippen molar-refractivity contribution in [2.75, 3.05) is 13.1 Å². The second-order valence-electron chi connectivity index (χ2n) is 6.97. The number of carbonyl (C=O) groups is 1. The zero-order valence-corrected chi connectivity index (χ0v) is 17.4. The van der Waals surface area contributed by atoms with E-state index in [0.29, 0.717) is 37.0 Å². The van der Waals surface area contributed by atoms with E-state index in [1.807, 2.05) is 54.6 Å². The van der Waals surface area contributed by atoms with Gasteiger partial charge in [0.1, 0.15) is 12.4 Å². The molecule has 8 heteroatoms. The van der Waals surface area contributed by atoms with Crippen molar-refractivity contribution in [2.24, 2.45) is 0 Å². The number of ether oxygens (including phenoxy) is 1. The molecule has 1 unspecified atom stereocenters. The lowest BCUT2D eigenvalue weighted by molar-refractivity contribution is -0.122. The van der Waals surface area contributed by atoms with Crippen LogP contribution in [0.15, 0.2) is 59.1 Å². The number of hydrogen-bond donors (Lipinski definition) is 2. The second-order valence-corrected chi connectivity index (χ2v) is 6.97. The second kappa shape index (κ2) is 10.8. The molecule has 3 aromatic rings. The fourth-order valence-corrected chi connectivity index (χ4v) is 3.30. The number of nitrogens with one attached hydrogen (secondary N) is 2. The van der Waals surface area contributed by atoms with E-state index >= 15 is 0 Å². The number of hydrogen-bond acceptors (Lipinski definition) is 6. The minimum Gasteiger partial charge on any atom is -0.488 e. The van der Waals surface area contributed by atoms with Gasteiger partial charge in [-0.3, -0.25) is 4.79 Å². The molecule has 0 spiro atoms. The molecule has 0 bridgehead atoms. The highest BCUT2D eigenvalue weighted by Crippen LogP contribution is 2.28. The first-order valence-electron chi connectivity index (χ1n) is 9.89. The van der Waals surface area contributed by atoms with Crippen LogP contribution in [-0.2, 0) is 17.8 Å². The summed E-state index contributed by atoms with van der Waals surface area (Å²) in [7, 11) is 0. The van der Waals surface area contributed by atoms with Crippen LogP contribution < -0.4 is 15.4 Å². The van der Waals surface area contributed by atoms with Crippen molar-refractivity contribution in [3.05, 3.63) is 66.1 Å². The molecule has 158 valence electrons. The molecule has 4 rings (SSSR count). The van der Waals surface area contributed by atoms with Crippen molar-refractivity contribution in [3.63, 3.8) is 0 Å². The number of aromatic nitrogens is 2. The molecule has 2 heterocycles. The minimum absolute atomic E-state index is 0. The van der Waals surface area contributed by atoms with Gasteiger partial charge in [0, 0.05) is 13.0 Å². The number of halogens is 1. The van der Waals surface area contributed by atoms with Crippen molar-refractivity contribution in [1.82, 2.24) is 20.8 Å². The van der Waals surface area contributed by atoms with Gasteiger partial charge in [0.25, 0.3) is 0 Å². The summed E-state index contributed by atoms with van der Waals surface area (Å²) in [6.45, 7) is 1.82. The van der Waals surface area contributed by atoms with E-state index in [1.54, 1.807) is 0 Å². The van der Waals surface area contributed by atoms with E-state index < -0.39 is 0 Å². The Morgan fingerprint density at radius 3 is 2.77 bits per heavy atom. The Hall–Kier alpha value is -2.90. The summed E-state index contributed by atoms with van der Waals surface area (Å²) in [4.78, 5) is 16.5. The first-order valence-corrected chi connectivity index (χ1v) is 9.89. The Bertz CT molecular complexity index is 942.